The molecule has 1 N–H and O–H groups in total. The second kappa shape index (κ2) is 10.3. The lowest BCUT2D eigenvalue weighted by Gasteiger charge is -2.47. The van der Waals surface area contributed by atoms with Crippen LogP contribution in [0.5, 0.6) is 11.5 Å². The number of para-hydroxylation sites is 2. The Hall–Kier alpha value is -3.38. The Morgan fingerprint density at radius 3 is 2.00 bits per heavy atom. The van der Waals surface area contributed by atoms with Gasteiger partial charge in [0.05, 0.1) is 0 Å². The van der Waals surface area contributed by atoms with E-state index in [1.807, 2.05) is 0 Å². The van der Waals surface area contributed by atoms with Gasteiger partial charge in [-0.25, -0.2) is 0 Å². The van der Waals surface area contributed by atoms with Gasteiger partial charge in [0.15, 0.2) is 18.0 Å². The molecular weight excluding hydrogens is 432 g/mol. The summed E-state index contributed by atoms with van der Waals surface area (Å²) in [5.74, 6) is -7.30. The lowest BCUT2D eigenvalue weighted by atomic mass is 9.96. The molecule has 0 amide bonds. The summed E-state index contributed by atoms with van der Waals surface area (Å²) in [5.41, 5.74) is 0. The van der Waals surface area contributed by atoms with Crippen LogP contribution in [0.4, 0.5) is 0 Å². The van der Waals surface area contributed by atoms with Gasteiger partial charge in [-0.2, -0.15) is 0 Å². The number of carbonyl (C=O) groups excluding carboxylic acids is 4. The van der Waals surface area contributed by atoms with Gasteiger partial charge in [-0.05, 0) is 12.1 Å². The van der Waals surface area contributed by atoms with E-state index in [0.29, 0.717) is 0 Å². The van der Waals surface area contributed by atoms with Crippen LogP contribution in [0.3, 0.4) is 0 Å². The summed E-state index contributed by atoms with van der Waals surface area (Å²) in [6.45, 7) is 3.62. The zero-order chi connectivity index (χ0) is 24.1. The van der Waals surface area contributed by atoms with E-state index in [-0.39, 0.29) is 5.75 Å². The third-order valence-corrected chi connectivity index (χ3v) is 4.12. The van der Waals surface area contributed by atoms with Gasteiger partial charge < -0.3 is 33.5 Å². The van der Waals surface area contributed by atoms with Crippen molar-refractivity contribution >= 4 is 23.9 Å². The van der Waals surface area contributed by atoms with Crippen molar-refractivity contribution in [2.24, 2.45) is 0 Å². The minimum Gasteiger partial charge on any atom is -0.463 e. The Bertz CT molecular complexity index is 868. The maximum Gasteiger partial charge on any atom is 0.368 e. The molecule has 1 aliphatic heterocycles. The molecule has 1 radical (unpaired) electrons. The second-order valence-electron chi connectivity index (χ2n) is 6.82. The van der Waals surface area contributed by atoms with Gasteiger partial charge >= 0.3 is 29.9 Å². The molecule has 1 aromatic carbocycles. The lowest BCUT2D eigenvalue weighted by molar-refractivity contribution is -0.421. The fourth-order valence-corrected chi connectivity index (χ4v) is 3.02. The minimum absolute atomic E-state index is 0.383. The topological polar surface area (TPSA) is 164 Å². The number of hydrogen-bond donors (Lipinski definition) is 1. The first-order valence-corrected chi connectivity index (χ1v) is 9.43. The number of hydrogen-bond acceptors (Lipinski definition) is 11. The van der Waals surface area contributed by atoms with Gasteiger partial charge in [0.2, 0.25) is 11.9 Å². The summed E-state index contributed by atoms with van der Waals surface area (Å²) in [7, 11) is 0. The summed E-state index contributed by atoms with van der Waals surface area (Å²) < 4.78 is 31.2. The molecule has 32 heavy (non-hydrogen) atoms. The van der Waals surface area contributed by atoms with Crippen LogP contribution in [0.25, 0.3) is 0 Å². The van der Waals surface area contributed by atoms with Gasteiger partial charge in [-0.15, -0.1) is 0 Å². The molecule has 1 fully saturated rings. The molecule has 175 valence electrons. The molecule has 0 saturated carbocycles. The minimum atomic E-state index is -2.90. The van der Waals surface area contributed by atoms with Crippen molar-refractivity contribution in [2.75, 3.05) is 6.61 Å². The largest absolute Gasteiger partial charge is 0.463 e. The van der Waals surface area contributed by atoms with Crippen LogP contribution in [-0.2, 0) is 48.0 Å². The van der Waals surface area contributed by atoms with E-state index in [9.17, 15) is 29.4 Å². The van der Waals surface area contributed by atoms with Crippen LogP contribution in [0.15, 0.2) is 24.3 Å². The molecule has 5 atom stereocenters. The smallest absolute Gasteiger partial charge is 0.368 e. The molecule has 0 aliphatic carbocycles. The van der Waals surface area contributed by atoms with E-state index in [2.05, 4.69) is 0 Å². The Morgan fingerprint density at radius 1 is 0.906 bits per heavy atom. The molecule has 1 heterocycles. The third-order valence-electron chi connectivity index (χ3n) is 4.12. The lowest BCUT2D eigenvalue weighted by Crippen LogP contribution is -2.70. The third kappa shape index (κ3) is 6.31. The highest BCUT2D eigenvalue weighted by Gasteiger charge is 2.62. The predicted molar refractivity (Wildman–Crippen MR) is 100 cm³/mol. The Balaban J connectivity index is 2.56. The fraction of sp³-hybridized carbons (Fsp3) is 0.500. The van der Waals surface area contributed by atoms with E-state index in [0.717, 1.165) is 33.8 Å². The number of carbonyl (C=O) groups is 4. The van der Waals surface area contributed by atoms with Gasteiger partial charge in [-0.3, -0.25) is 24.3 Å². The predicted octanol–water partition coefficient (Wildman–Crippen LogP) is 0.612. The number of ether oxygens (including phenoxy) is 6. The van der Waals surface area contributed by atoms with Crippen molar-refractivity contribution in [1.82, 2.24) is 0 Å². The van der Waals surface area contributed by atoms with Crippen molar-refractivity contribution in [1.29, 1.82) is 0 Å². The van der Waals surface area contributed by atoms with Gasteiger partial charge in [0.1, 0.15) is 12.7 Å². The van der Waals surface area contributed by atoms with Crippen LogP contribution in [0.1, 0.15) is 27.7 Å². The van der Waals surface area contributed by atoms with Gasteiger partial charge in [-0.1, -0.05) is 12.1 Å². The van der Waals surface area contributed by atoms with E-state index in [1.165, 1.54) is 18.2 Å². The van der Waals surface area contributed by atoms with E-state index in [4.69, 9.17) is 28.4 Å². The Morgan fingerprint density at radius 2 is 1.47 bits per heavy atom. The van der Waals surface area contributed by atoms with Crippen molar-refractivity contribution in [3.8, 4) is 11.5 Å². The molecule has 1 aliphatic rings. The van der Waals surface area contributed by atoms with Gasteiger partial charge in [0, 0.05) is 27.7 Å². The van der Waals surface area contributed by atoms with Crippen LogP contribution >= 0.6 is 0 Å². The SMILES string of the molecule is CC(=O)OC[C@H]1OC(O)(Oc2ccccc2[O])[C@H](OC(C)=O)[C@@H](OC(C)=O)[C@H]1OC(C)=O. The maximum absolute atomic E-state index is 12.1. The first-order chi connectivity index (χ1) is 14.9. The zero-order valence-corrected chi connectivity index (χ0v) is 17.8. The first-order valence-electron chi connectivity index (χ1n) is 9.43. The molecule has 1 unspecified atom stereocenters. The second-order valence-corrected chi connectivity index (χ2v) is 6.82. The average molecular weight is 455 g/mol. The molecular formula is C20H23O12. The quantitative estimate of drug-likeness (QED) is 0.348. The normalized spacial score (nSPS) is 27.0. The van der Waals surface area contributed by atoms with E-state index >= 15 is 0 Å². The molecule has 0 spiro atoms. The summed E-state index contributed by atoms with van der Waals surface area (Å²) in [6.07, 6.45) is -6.48. The molecule has 1 saturated heterocycles. The average Bonchev–Trinajstić information content (AvgIpc) is 2.66. The molecule has 12 nitrogen and oxygen atoms in total. The zero-order valence-electron chi connectivity index (χ0n) is 17.8. The highest BCUT2D eigenvalue weighted by molar-refractivity contribution is 5.68. The van der Waals surface area contributed by atoms with Crippen molar-refractivity contribution < 1.29 is 57.8 Å². The van der Waals surface area contributed by atoms with Crippen LogP contribution in [-0.4, -0.2) is 66.0 Å². The van der Waals surface area contributed by atoms with Crippen molar-refractivity contribution in [3.63, 3.8) is 0 Å². The molecule has 0 bridgehead atoms. The number of benzene rings is 1. The van der Waals surface area contributed by atoms with E-state index < -0.39 is 66.6 Å². The number of esters is 4. The van der Waals surface area contributed by atoms with Crippen molar-refractivity contribution in [2.45, 2.75) is 58.1 Å². The molecule has 2 rings (SSSR count). The molecule has 1 aromatic rings. The van der Waals surface area contributed by atoms with Crippen LogP contribution in [0.2, 0.25) is 0 Å². The highest BCUT2D eigenvalue weighted by atomic mass is 16.9. The standard InChI is InChI=1S/C20H23O12/c1-10(21)27-9-16-17(28-11(2)22)18(29-12(3)23)19(30-13(4)24)20(26,32-16)31-15-8-6-5-7-14(15)25/h5-8,16-19,26H,9H2,1-4H3/t16-,17+,18+,19-,20?/m1/s1. The summed E-state index contributed by atoms with van der Waals surface area (Å²) in [6, 6.07) is 5.22. The van der Waals surface area contributed by atoms with Crippen LogP contribution < -0.4 is 4.74 Å². The molecule has 12 heteroatoms. The van der Waals surface area contributed by atoms with Gasteiger partial charge in [0.25, 0.3) is 0 Å². The number of rotatable bonds is 7. The van der Waals surface area contributed by atoms with Crippen LogP contribution in [0, 0.1) is 0 Å². The monoisotopic (exact) mass is 455 g/mol. The number of aliphatic hydroxyl groups is 1. The summed E-state index contributed by atoms with van der Waals surface area (Å²) in [4.78, 5) is 46.5. The first kappa shape index (κ1) is 24.9. The maximum atomic E-state index is 12.1. The fourth-order valence-electron chi connectivity index (χ4n) is 3.02. The van der Waals surface area contributed by atoms with E-state index in [1.54, 1.807) is 0 Å². The summed E-state index contributed by atoms with van der Waals surface area (Å²) in [5, 5.41) is 23.3. The Labute approximate surface area is 182 Å². The highest BCUT2D eigenvalue weighted by Crippen LogP contribution is 2.38. The Kier molecular flexibility index (Phi) is 8.00. The molecule has 0 aromatic heterocycles. The van der Waals surface area contributed by atoms with Crippen molar-refractivity contribution in [3.05, 3.63) is 24.3 Å². The summed E-state index contributed by atoms with van der Waals surface area (Å²) >= 11 is 0.